The molecule has 1 aromatic carbocycles. The first kappa shape index (κ1) is 12.8. The Hall–Kier alpha value is -1.60. The lowest BCUT2D eigenvalue weighted by atomic mass is 10.3. The number of hydrogen-bond acceptors (Lipinski definition) is 4. The number of rotatable bonds is 4. The van der Waals surface area contributed by atoms with Crippen molar-refractivity contribution in [3.05, 3.63) is 35.4 Å². The van der Waals surface area contributed by atoms with E-state index >= 15 is 0 Å². The van der Waals surface area contributed by atoms with Crippen molar-refractivity contribution in [2.75, 3.05) is 5.75 Å². The van der Waals surface area contributed by atoms with Crippen molar-refractivity contribution in [3.8, 4) is 5.69 Å². The summed E-state index contributed by atoms with van der Waals surface area (Å²) < 4.78 is 15.1. The molecular weight excluding hydrogens is 281 g/mol. The van der Waals surface area contributed by atoms with Gasteiger partial charge in [0.05, 0.1) is 11.4 Å². The molecule has 0 aliphatic carbocycles. The van der Waals surface area contributed by atoms with E-state index in [-0.39, 0.29) is 16.5 Å². The van der Waals surface area contributed by atoms with Crippen molar-refractivity contribution in [2.45, 2.75) is 5.16 Å². The summed E-state index contributed by atoms with van der Waals surface area (Å²) in [6.07, 6.45) is 1.32. The van der Waals surface area contributed by atoms with E-state index in [1.165, 1.54) is 29.1 Å². The minimum atomic E-state index is -0.980. The van der Waals surface area contributed by atoms with Crippen molar-refractivity contribution in [2.24, 2.45) is 0 Å². The van der Waals surface area contributed by atoms with E-state index in [1.54, 1.807) is 0 Å². The Morgan fingerprint density at radius 2 is 2.33 bits per heavy atom. The SMILES string of the molecule is O=C(O)CSc1nncn1-c1ccc(Cl)cc1F. The molecule has 18 heavy (non-hydrogen) atoms. The van der Waals surface area contributed by atoms with Crippen LogP contribution in [-0.4, -0.2) is 31.6 Å². The number of aromatic nitrogens is 3. The molecule has 0 aliphatic rings. The summed E-state index contributed by atoms with van der Waals surface area (Å²) in [5.41, 5.74) is 0.220. The smallest absolute Gasteiger partial charge is 0.313 e. The van der Waals surface area contributed by atoms with Gasteiger partial charge in [0.15, 0.2) is 5.16 Å². The maximum atomic E-state index is 13.7. The van der Waals surface area contributed by atoms with Gasteiger partial charge in [0.2, 0.25) is 0 Å². The zero-order valence-corrected chi connectivity index (χ0v) is 10.5. The van der Waals surface area contributed by atoms with Gasteiger partial charge in [-0.05, 0) is 18.2 Å². The van der Waals surface area contributed by atoms with E-state index in [0.29, 0.717) is 5.16 Å². The topological polar surface area (TPSA) is 68.0 Å². The predicted octanol–water partition coefficient (Wildman–Crippen LogP) is 2.24. The molecule has 1 aromatic heterocycles. The monoisotopic (exact) mass is 287 g/mol. The largest absolute Gasteiger partial charge is 0.481 e. The number of nitrogens with zero attached hydrogens (tertiary/aromatic N) is 3. The Morgan fingerprint density at radius 1 is 1.56 bits per heavy atom. The van der Waals surface area contributed by atoms with Crippen molar-refractivity contribution >= 4 is 29.3 Å². The Kier molecular flexibility index (Phi) is 3.83. The second kappa shape index (κ2) is 5.36. The summed E-state index contributed by atoms with van der Waals surface area (Å²) in [4.78, 5) is 10.5. The quantitative estimate of drug-likeness (QED) is 0.874. The molecule has 2 aromatic rings. The van der Waals surface area contributed by atoms with Gasteiger partial charge in [-0.3, -0.25) is 9.36 Å². The van der Waals surface area contributed by atoms with E-state index < -0.39 is 11.8 Å². The Bertz CT molecular complexity index is 590. The molecule has 1 heterocycles. The van der Waals surface area contributed by atoms with Gasteiger partial charge in [0.25, 0.3) is 0 Å². The second-order valence-corrected chi connectivity index (χ2v) is 4.64. The normalized spacial score (nSPS) is 10.6. The molecule has 5 nitrogen and oxygen atoms in total. The fourth-order valence-corrected chi connectivity index (χ4v) is 2.09. The molecule has 94 valence electrons. The average Bonchev–Trinajstić information content (AvgIpc) is 2.74. The van der Waals surface area contributed by atoms with Gasteiger partial charge in [-0.1, -0.05) is 23.4 Å². The van der Waals surface area contributed by atoms with Gasteiger partial charge in [0, 0.05) is 5.02 Å². The van der Waals surface area contributed by atoms with Crippen LogP contribution in [0.1, 0.15) is 0 Å². The van der Waals surface area contributed by atoms with Gasteiger partial charge < -0.3 is 5.11 Å². The van der Waals surface area contributed by atoms with Crippen molar-refractivity contribution in [1.82, 2.24) is 14.8 Å². The minimum absolute atomic E-state index is 0.173. The van der Waals surface area contributed by atoms with Crippen LogP contribution >= 0.6 is 23.4 Å². The maximum absolute atomic E-state index is 13.7. The van der Waals surface area contributed by atoms with Crippen LogP contribution in [0.15, 0.2) is 29.7 Å². The first-order valence-corrected chi connectivity index (χ1v) is 6.14. The second-order valence-electron chi connectivity index (χ2n) is 3.26. The summed E-state index contributed by atoms with van der Waals surface area (Å²) in [7, 11) is 0. The highest BCUT2D eigenvalue weighted by atomic mass is 35.5. The molecule has 8 heteroatoms. The lowest BCUT2D eigenvalue weighted by molar-refractivity contribution is -0.133. The van der Waals surface area contributed by atoms with Crippen molar-refractivity contribution in [1.29, 1.82) is 0 Å². The maximum Gasteiger partial charge on any atom is 0.313 e. The fourth-order valence-electron chi connectivity index (χ4n) is 1.29. The molecule has 0 aliphatic heterocycles. The van der Waals surface area contributed by atoms with Crippen molar-refractivity contribution < 1.29 is 14.3 Å². The van der Waals surface area contributed by atoms with Crippen LogP contribution in [0.2, 0.25) is 5.02 Å². The number of benzene rings is 1. The molecule has 0 atom stereocenters. The number of hydrogen-bond donors (Lipinski definition) is 1. The van der Waals surface area contributed by atoms with Gasteiger partial charge in [0.1, 0.15) is 12.1 Å². The van der Waals surface area contributed by atoms with Gasteiger partial charge >= 0.3 is 5.97 Å². The van der Waals surface area contributed by atoms with E-state index in [4.69, 9.17) is 16.7 Å². The first-order valence-electron chi connectivity index (χ1n) is 4.78. The average molecular weight is 288 g/mol. The van der Waals surface area contributed by atoms with Crippen LogP contribution in [0, 0.1) is 5.82 Å². The lowest BCUT2D eigenvalue weighted by Gasteiger charge is -2.06. The third kappa shape index (κ3) is 2.80. The fraction of sp³-hybridized carbons (Fsp3) is 0.100. The standard InChI is InChI=1S/C10H7ClFN3O2S/c11-6-1-2-8(7(12)3-6)15-5-13-14-10(15)18-4-9(16)17/h1-3,5H,4H2,(H,16,17). The Labute approximate surface area is 111 Å². The molecule has 0 amide bonds. The molecule has 0 saturated heterocycles. The highest BCUT2D eigenvalue weighted by molar-refractivity contribution is 7.99. The number of aliphatic carboxylic acids is 1. The summed E-state index contributed by atoms with van der Waals surface area (Å²) in [6.45, 7) is 0. The Balaban J connectivity index is 2.33. The van der Waals surface area contributed by atoms with Gasteiger partial charge in [-0.25, -0.2) is 4.39 Å². The molecule has 0 saturated carbocycles. The number of carboxylic acids is 1. The third-order valence-electron chi connectivity index (χ3n) is 2.01. The molecule has 0 radical (unpaired) electrons. The van der Waals surface area contributed by atoms with Crippen LogP contribution < -0.4 is 0 Å². The number of halogens is 2. The van der Waals surface area contributed by atoms with Gasteiger partial charge in [-0.15, -0.1) is 10.2 Å². The van der Waals surface area contributed by atoms with E-state index in [1.807, 2.05) is 0 Å². The molecule has 0 unspecified atom stereocenters. The number of thioether (sulfide) groups is 1. The zero-order chi connectivity index (χ0) is 13.1. The molecular formula is C10H7ClFN3O2S. The van der Waals surface area contributed by atoms with E-state index in [9.17, 15) is 9.18 Å². The lowest BCUT2D eigenvalue weighted by Crippen LogP contribution is -2.02. The zero-order valence-electron chi connectivity index (χ0n) is 8.88. The van der Waals surface area contributed by atoms with E-state index in [0.717, 1.165) is 11.8 Å². The third-order valence-corrected chi connectivity index (χ3v) is 3.17. The van der Waals surface area contributed by atoms with Gasteiger partial charge in [-0.2, -0.15) is 0 Å². The summed E-state index contributed by atoms with van der Waals surface area (Å²) in [5, 5.41) is 16.6. The summed E-state index contributed by atoms with van der Waals surface area (Å²) in [5.74, 6) is -1.68. The van der Waals surface area contributed by atoms with Crippen LogP contribution in [0.25, 0.3) is 5.69 Å². The van der Waals surface area contributed by atoms with Crippen LogP contribution in [0.5, 0.6) is 0 Å². The highest BCUT2D eigenvalue weighted by Gasteiger charge is 2.12. The molecule has 0 spiro atoms. The minimum Gasteiger partial charge on any atom is -0.481 e. The molecule has 2 rings (SSSR count). The van der Waals surface area contributed by atoms with E-state index in [2.05, 4.69) is 10.2 Å². The molecule has 0 fully saturated rings. The first-order chi connectivity index (χ1) is 8.58. The van der Waals surface area contributed by atoms with Crippen LogP contribution in [-0.2, 0) is 4.79 Å². The van der Waals surface area contributed by atoms with Crippen LogP contribution in [0.3, 0.4) is 0 Å². The highest BCUT2D eigenvalue weighted by Crippen LogP contribution is 2.23. The molecule has 0 bridgehead atoms. The summed E-state index contributed by atoms with van der Waals surface area (Å²) >= 11 is 6.62. The van der Waals surface area contributed by atoms with Crippen LogP contribution in [0.4, 0.5) is 4.39 Å². The molecule has 1 N–H and O–H groups in total. The van der Waals surface area contributed by atoms with Crippen molar-refractivity contribution in [3.63, 3.8) is 0 Å². The number of carbonyl (C=O) groups is 1. The Morgan fingerprint density at radius 3 is 3.00 bits per heavy atom. The predicted molar refractivity (Wildman–Crippen MR) is 64.7 cm³/mol. The number of carboxylic acid groups (broad SMARTS) is 1. The summed E-state index contributed by atoms with van der Waals surface area (Å²) in [6, 6.07) is 4.18.